The number of carbonyl (C=O) groups is 3. The molecule has 0 bridgehead atoms. The fourth-order valence-electron chi connectivity index (χ4n) is 3.95. The molecule has 1 aliphatic rings. The van der Waals surface area contributed by atoms with Crippen LogP contribution >= 0.6 is 11.8 Å². The highest BCUT2D eigenvalue weighted by Crippen LogP contribution is 2.41. The van der Waals surface area contributed by atoms with E-state index in [4.69, 9.17) is 0 Å². The van der Waals surface area contributed by atoms with E-state index in [9.17, 15) is 19.5 Å². The van der Waals surface area contributed by atoms with Gasteiger partial charge >= 0.3 is 5.97 Å². The average Bonchev–Trinajstić information content (AvgIpc) is 2.71. The molecule has 0 spiro atoms. The second-order valence-corrected chi connectivity index (χ2v) is 8.58. The number of carbonyl (C=O) groups excluding carboxylic acids is 2. The van der Waals surface area contributed by atoms with Crippen molar-refractivity contribution in [2.75, 3.05) is 5.75 Å². The Kier molecular flexibility index (Phi) is 7.15. The van der Waals surface area contributed by atoms with Crippen molar-refractivity contribution in [2.45, 2.75) is 49.6 Å². The van der Waals surface area contributed by atoms with Crippen LogP contribution in [0.5, 0.6) is 0 Å². The second kappa shape index (κ2) is 9.80. The molecule has 0 aliphatic heterocycles. The molecule has 1 unspecified atom stereocenters. The first-order chi connectivity index (χ1) is 14.3. The third-order valence-corrected chi connectivity index (χ3v) is 6.31. The topological polar surface area (TPSA) is 95.5 Å². The number of carboxylic acids is 1. The second-order valence-electron chi connectivity index (χ2n) is 7.49. The molecule has 2 amide bonds. The predicted octanol–water partition coefficient (Wildman–Crippen LogP) is 3.47. The fourth-order valence-corrected chi connectivity index (χ4v) is 4.93. The number of carboxylic acid groups (broad SMARTS) is 1. The van der Waals surface area contributed by atoms with Crippen molar-refractivity contribution < 1.29 is 19.5 Å². The molecule has 0 heterocycles. The van der Waals surface area contributed by atoms with Crippen molar-refractivity contribution in [2.24, 2.45) is 0 Å². The van der Waals surface area contributed by atoms with Crippen LogP contribution in [-0.4, -0.2) is 34.7 Å². The summed E-state index contributed by atoms with van der Waals surface area (Å²) in [4.78, 5) is 35.1. The van der Waals surface area contributed by atoms with Crippen LogP contribution in [0.15, 0.2) is 53.4 Å². The van der Waals surface area contributed by atoms with E-state index in [-0.39, 0.29) is 29.5 Å². The average molecular weight is 427 g/mol. The van der Waals surface area contributed by atoms with Crippen molar-refractivity contribution in [3.05, 3.63) is 65.2 Å². The van der Waals surface area contributed by atoms with E-state index in [0.29, 0.717) is 0 Å². The van der Waals surface area contributed by atoms with Crippen molar-refractivity contribution in [3.8, 4) is 0 Å². The van der Waals surface area contributed by atoms with Gasteiger partial charge in [-0.25, -0.2) is 4.79 Å². The number of thioether (sulfide) groups is 1. The van der Waals surface area contributed by atoms with Gasteiger partial charge in [0.05, 0.1) is 6.04 Å². The van der Waals surface area contributed by atoms with Gasteiger partial charge in [-0.05, 0) is 41.7 Å². The molecule has 7 heteroatoms. The van der Waals surface area contributed by atoms with Crippen LogP contribution in [0.2, 0.25) is 0 Å². The molecule has 3 rings (SSSR count). The van der Waals surface area contributed by atoms with Crippen molar-refractivity contribution in [1.82, 2.24) is 10.6 Å². The van der Waals surface area contributed by atoms with E-state index < -0.39 is 12.0 Å². The zero-order valence-corrected chi connectivity index (χ0v) is 17.9. The minimum Gasteiger partial charge on any atom is -0.480 e. The molecule has 0 saturated heterocycles. The van der Waals surface area contributed by atoms with Crippen LogP contribution in [0, 0.1) is 0 Å². The molecular formula is C23H26N2O4S. The fraction of sp³-hybridized carbons (Fsp3) is 0.348. The molecular weight excluding hydrogens is 400 g/mol. The van der Waals surface area contributed by atoms with Crippen molar-refractivity contribution in [1.29, 1.82) is 0 Å². The maximum atomic E-state index is 11.6. The number of rotatable bonds is 7. The lowest BCUT2D eigenvalue weighted by Crippen LogP contribution is -2.41. The highest BCUT2D eigenvalue weighted by Gasteiger charge is 2.28. The van der Waals surface area contributed by atoms with Crippen LogP contribution in [0.1, 0.15) is 55.3 Å². The lowest BCUT2D eigenvalue weighted by Gasteiger charge is -2.32. The van der Waals surface area contributed by atoms with Crippen LogP contribution in [-0.2, 0) is 14.4 Å². The quantitative estimate of drug-likeness (QED) is 0.589. The maximum absolute atomic E-state index is 11.6. The van der Waals surface area contributed by atoms with Crippen molar-refractivity contribution in [3.63, 3.8) is 0 Å². The minimum absolute atomic E-state index is 0.0289. The number of amides is 2. The molecule has 158 valence electrons. The summed E-state index contributed by atoms with van der Waals surface area (Å²) in [5.74, 6) is -0.955. The molecule has 3 N–H and O–H groups in total. The number of hydrogen-bond acceptors (Lipinski definition) is 4. The Morgan fingerprint density at radius 1 is 1.03 bits per heavy atom. The molecule has 6 nitrogen and oxygen atoms in total. The Bertz CT molecular complexity index is 946. The lowest BCUT2D eigenvalue weighted by molar-refractivity contribution is -0.140. The highest BCUT2D eigenvalue weighted by molar-refractivity contribution is 7.99. The van der Waals surface area contributed by atoms with Gasteiger partial charge in [-0.2, -0.15) is 0 Å². The third-order valence-electron chi connectivity index (χ3n) is 5.22. The standard InChI is InChI=1S/C23H26N2O4S/c1-14(26)24-21-11-10-18(19-8-3-4-9-20(19)21)16-6-5-7-17(12-16)30-13-22(23(28)29)25-15(2)27/h3-9,12,18,21-22H,10-11,13H2,1-2H3,(H,24,26)(H,25,27)(H,28,29)/t18?,21-,22+/m1/s1. The van der Waals surface area contributed by atoms with Gasteiger partial charge < -0.3 is 15.7 Å². The lowest BCUT2D eigenvalue weighted by atomic mass is 9.77. The Balaban J connectivity index is 1.79. The molecule has 30 heavy (non-hydrogen) atoms. The van der Waals surface area contributed by atoms with E-state index in [2.05, 4.69) is 34.9 Å². The monoisotopic (exact) mass is 426 g/mol. The van der Waals surface area contributed by atoms with Gasteiger partial charge in [-0.1, -0.05) is 36.4 Å². The first kappa shape index (κ1) is 21.9. The highest BCUT2D eigenvalue weighted by atomic mass is 32.2. The van der Waals surface area contributed by atoms with Gasteiger partial charge in [0.2, 0.25) is 11.8 Å². The van der Waals surface area contributed by atoms with E-state index in [1.165, 1.54) is 29.8 Å². The molecule has 2 aromatic carbocycles. The largest absolute Gasteiger partial charge is 0.480 e. The first-order valence-electron chi connectivity index (χ1n) is 9.93. The number of fused-ring (bicyclic) bond motifs is 1. The summed E-state index contributed by atoms with van der Waals surface area (Å²) in [5, 5.41) is 14.8. The first-order valence-corrected chi connectivity index (χ1v) is 10.9. The van der Waals surface area contributed by atoms with Gasteiger partial charge in [-0.3, -0.25) is 9.59 Å². The summed E-state index contributed by atoms with van der Waals surface area (Å²) < 4.78 is 0. The summed E-state index contributed by atoms with van der Waals surface area (Å²) in [5.41, 5.74) is 3.53. The number of aliphatic carboxylic acids is 1. The molecule has 2 aromatic rings. The van der Waals surface area contributed by atoms with Gasteiger partial charge in [0.15, 0.2) is 0 Å². The Morgan fingerprint density at radius 3 is 2.43 bits per heavy atom. The van der Waals surface area contributed by atoms with Crippen LogP contribution < -0.4 is 10.6 Å². The van der Waals surface area contributed by atoms with Crippen LogP contribution in [0.3, 0.4) is 0 Å². The molecule has 0 fully saturated rings. The van der Waals surface area contributed by atoms with Crippen LogP contribution in [0.25, 0.3) is 0 Å². The van der Waals surface area contributed by atoms with Crippen molar-refractivity contribution >= 4 is 29.5 Å². The summed E-state index contributed by atoms with van der Waals surface area (Å²) >= 11 is 1.41. The van der Waals surface area contributed by atoms with Gasteiger partial charge in [0.25, 0.3) is 0 Å². The van der Waals surface area contributed by atoms with E-state index in [0.717, 1.165) is 23.3 Å². The molecule has 3 atom stereocenters. The summed E-state index contributed by atoms with van der Waals surface area (Å²) in [6, 6.07) is 15.4. The Morgan fingerprint density at radius 2 is 1.77 bits per heavy atom. The number of hydrogen-bond donors (Lipinski definition) is 3. The normalized spacial score (nSPS) is 18.7. The maximum Gasteiger partial charge on any atom is 0.327 e. The molecule has 1 aliphatic carbocycles. The van der Waals surface area contributed by atoms with Gasteiger partial charge in [0.1, 0.15) is 6.04 Å². The van der Waals surface area contributed by atoms with Gasteiger partial charge in [-0.15, -0.1) is 11.8 Å². The SMILES string of the molecule is CC(=O)N[C@@H](CSc1cccc(C2CC[C@@H](NC(C)=O)c3ccccc32)c1)C(=O)O. The molecule has 0 saturated carbocycles. The van der Waals surface area contributed by atoms with Gasteiger partial charge in [0, 0.05) is 30.4 Å². The summed E-state index contributed by atoms with van der Waals surface area (Å²) in [6.45, 7) is 2.86. The zero-order chi connectivity index (χ0) is 21.7. The predicted molar refractivity (Wildman–Crippen MR) is 116 cm³/mol. The van der Waals surface area contributed by atoms with E-state index in [1.54, 1.807) is 6.92 Å². The Labute approximate surface area is 180 Å². The van der Waals surface area contributed by atoms with Crippen LogP contribution in [0.4, 0.5) is 0 Å². The summed E-state index contributed by atoms with van der Waals surface area (Å²) in [6.07, 6.45) is 1.78. The zero-order valence-electron chi connectivity index (χ0n) is 17.1. The van der Waals surface area contributed by atoms with E-state index >= 15 is 0 Å². The summed E-state index contributed by atoms with van der Waals surface area (Å²) in [7, 11) is 0. The Hall–Kier alpha value is -2.80. The third kappa shape index (κ3) is 5.42. The van der Waals surface area contributed by atoms with E-state index in [1.807, 2.05) is 24.3 Å². The number of nitrogens with one attached hydrogen (secondary N) is 2. The number of benzene rings is 2. The molecule has 0 aromatic heterocycles. The smallest absolute Gasteiger partial charge is 0.327 e. The minimum atomic E-state index is -1.04. The molecule has 0 radical (unpaired) electrons.